The molecule has 1 aromatic rings. The number of aliphatic hydroxyl groups excluding tert-OH is 1. The van der Waals surface area contributed by atoms with Crippen LogP contribution in [0.3, 0.4) is 0 Å². The molecule has 2 heterocycles. The van der Waals surface area contributed by atoms with Gasteiger partial charge in [0.25, 0.3) is 0 Å². The molecule has 1 aromatic carbocycles. The van der Waals surface area contributed by atoms with Crippen LogP contribution in [-0.4, -0.2) is 86.2 Å². The molecule has 9 nitrogen and oxygen atoms in total. The first-order valence-corrected chi connectivity index (χ1v) is 11.3. The van der Waals surface area contributed by atoms with E-state index >= 15 is 0 Å². The molecule has 0 radical (unpaired) electrons. The lowest BCUT2D eigenvalue weighted by Crippen LogP contribution is -2.52. The largest absolute Gasteiger partial charge is 0.416 e. The van der Waals surface area contributed by atoms with Gasteiger partial charge in [-0.3, -0.25) is 9.69 Å². The summed E-state index contributed by atoms with van der Waals surface area (Å²) in [5.74, 6) is -0.0594. The van der Waals surface area contributed by atoms with Gasteiger partial charge < -0.3 is 30.5 Å². The smallest absolute Gasteiger partial charge is 0.394 e. The van der Waals surface area contributed by atoms with Crippen molar-refractivity contribution in [3.05, 3.63) is 29.8 Å². The van der Waals surface area contributed by atoms with Gasteiger partial charge in [0, 0.05) is 25.3 Å². The number of carbonyl (C=O) groups is 2. The first-order chi connectivity index (χ1) is 16.2. The number of morpholine rings is 1. The standard InChI is InChI=1S/C22H31F3N4O5/c23-22(24,25)15-1-3-16(4-2-15)27-21(32)28-18-6-5-17(34-19(18)14-30)7-8-26-20(31)13-29-9-11-33-12-10-29/h1-4,17-19,30H,5-14H2,(H,26,31)(H2,27,28,32)/t17-,18-,19+/m1/s1. The number of halogens is 3. The normalized spacial score (nSPS) is 23.8. The lowest BCUT2D eigenvalue weighted by Gasteiger charge is -2.36. The van der Waals surface area contributed by atoms with E-state index in [-0.39, 0.29) is 24.3 Å². The predicted octanol–water partition coefficient (Wildman–Crippen LogP) is 1.57. The third-order valence-electron chi connectivity index (χ3n) is 5.84. The second-order valence-corrected chi connectivity index (χ2v) is 8.36. The molecule has 190 valence electrons. The fourth-order valence-electron chi connectivity index (χ4n) is 3.98. The molecular weight excluding hydrogens is 457 g/mol. The highest BCUT2D eigenvalue weighted by Gasteiger charge is 2.32. The number of anilines is 1. The second kappa shape index (κ2) is 12.3. The van der Waals surface area contributed by atoms with Crippen molar-refractivity contribution >= 4 is 17.6 Å². The van der Waals surface area contributed by atoms with Crippen LogP contribution in [0.15, 0.2) is 24.3 Å². The molecular formula is C22H31F3N4O5. The van der Waals surface area contributed by atoms with E-state index < -0.39 is 29.9 Å². The van der Waals surface area contributed by atoms with Gasteiger partial charge in [-0.2, -0.15) is 13.2 Å². The Morgan fingerprint density at radius 3 is 2.47 bits per heavy atom. The van der Waals surface area contributed by atoms with E-state index in [0.717, 1.165) is 25.2 Å². The molecule has 3 atom stereocenters. The number of aliphatic hydroxyl groups is 1. The van der Waals surface area contributed by atoms with Gasteiger partial charge in [-0.1, -0.05) is 0 Å². The Labute approximate surface area is 196 Å². The van der Waals surface area contributed by atoms with E-state index in [1.54, 1.807) is 0 Å². The van der Waals surface area contributed by atoms with Crippen LogP contribution in [0.25, 0.3) is 0 Å². The fourth-order valence-corrected chi connectivity index (χ4v) is 3.98. The molecule has 4 N–H and O–H groups in total. The van der Waals surface area contributed by atoms with E-state index in [1.165, 1.54) is 12.1 Å². The van der Waals surface area contributed by atoms with E-state index in [0.29, 0.717) is 45.6 Å². The second-order valence-electron chi connectivity index (χ2n) is 8.36. The highest BCUT2D eigenvalue weighted by Crippen LogP contribution is 2.29. The Hall–Kier alpha value is -2.41. The summed E-state index contributed by atoms with van der Waals surface area (Å²) < 4.78 is 49.1. The first-order valence-electron chi connectivity index (χ1n) is 11.3. The van der Waals surface area contributed by atoms with Crippen LogP contribution >= 0.6 is 0 Å². The Balaban J connectivity index is 1.38. The quantitative estimate of drug-likeness (QED) is 0.442. The maximum absolute atomic E-state index is 12.7. The van der Waals surface area contributed by atoms with Gasteiger partial charge in [0.05, 0.1) is 44.1 Å². The minimum atomic E-state index is -4.45. The molecule has 2 saturated heterocycles. The Morgan fingerprint density at radius 2 is 1.82 bits per heavy atom. The summed E-state index contributed by atoms with van der Waals surface area (Å²) >= 11 is 0. The van der Waals surface area contributed by atoms with Crippen molar-refractivity contribution in [2.24, 2.45) is 0 Å². The highest BCUT2D eigenvalue weighted by atomic mass is 19.4. The van der Waals surface area contributed by atoms with Gasteiger partial charge in [-0.15, -0.1) is 0 Å². The van der Waals surface area contributed by atoms with Crippen LogP contribution in [-0.2, 0) is 20.4 Å². The molecule has 12 heteroatoms. The number of carbonyl (C=O) groups excluding carboxylic acids is 2. The minimum Gasteiger partial charge on any atom is -0.394 e. The minimum absolute atomic E-state index is 0.0594. The maximum atomic E-state index is 12.7. The summed E-state index contributed by atoms with van der Waals surface area (Å²) in [6.07, 6.45) is -3.48. The third kappa shape index (κ3) is 8.12. The maximum Gasteiger partial charge on any atom is 0.416 e. The van der Waals surface area contributed by atoms with Crippen molar-refractivity contribution in [3.8, 4) is 0 Å². The zero-order valence-electron chi connectivity index (χ0n) is 18.8. The summed E-state index contributed by atoms with van der Waals surface area (Å²) in [6.45, 7) is 3.20. The zero-order valence-corrected chi connectivity index (χ0v) is 18.8. The average molecular weight is 489 g/mol. The van der Waals surface area contributed by atoms with Crippen molar-refractivity contribution in [1.82, 2.24) is 15.5 Å². The summed E-state index contributed by atoms with van der Waals surface area (Å²) in [4.78, 5) is 26.4. The van der Waals surface area contributed by atoms with E-state index in [4.69, 9.17) is 9.47 Å². The van der Waals surface area contributed by atoms with Crippen LogP contribution in [0.5, 0.6) is 0 Å². The van der Waals surface area contributed by atoms with Gasteiger partial charge in [0.1, 0.15) is 6.10 Å². The van der Waals surface area contributed by atoms with Gasteiger partial charge >= 0.3 is 12.2 Å². The summed E-state index contributed by atoms with van der Waals surface area (Å²) in [7, 11) is 0. The lowest BCUT2D eigenvalue weighted by molar-refractivity contribution is -0.137. The van der Waals surface area contributed by atoms with Crippen LogP contribution in [0.1, 0.15) is 24.8 Å². The molecule has 0 spiro atoms. The number of nitrogens with one attached hydrogen (secondary N) is 3. The van der Waals surface area contributed by atoms with Gasteiger partial charge in [-0.25, -0.2) is 4.79 Å². The van der Waals surface area contributed by atoms with Crippen LogP contribution in [0.4, 0.5) is 23.7 Å². The summed E-state index contributed by atoms with van der Waals surface area (Å²) in [5, 5.41) is 17.8. The van der Waals surface area contributed by atoms with E-state index in [9.17, 15) is 27.9 Å². The predicted molar refractivity (Wildman–Crippen MR) is 117 cm³/mol. The number of hydrogen-bond donors (Lipinski definition) is 4. The SMILES string of the molecule is O=C(CN1CCOCC1)NCC[C@H]1CC[C@@H](NC(=O)Nc2ccc(C(F)(F)F)cc2)[C@H](CO)O1. The van der Waals surface area contributed by atoms with Crippen molar-refractivity contribution in [3.63, 3.8) is 0 Å². The summed E-state index contributed by atoms with van der Waals surface area (Å²) in [5.41, 5.74) is -0.587. The van der Waals surface area contributed by atoms with Crippen LogP contribution < -0.4 is 16.0 Å². The summed E-state index contributed by atoms with van der Waals surface area (Å²) in [6, 6.07) is 3.08. The fraction of sp³-hybridized carbons (Fsp3) is 0.636. The Morgan fingerprint density at radius 1 is 1.12 bits per heavy atom. The number of hydrogen-bond acceptors (Lipinski definition) is 6. The molecule has 3 amide bonds. The third-order valence-corrected chi connectivity index (χ3v) is 5.84. The number of nitrogens with zero attached hydrogens (tertiary/aromatic N) is 1. The van der Waals surface area contributed by atoms with Gasteiger partial charge in [-0.05, 0) is 43.5 Å². The zero-order chi connectivity index (χ0) is 24.6. The molecule has 2 aliphatic rings. The lowest BCUT2D eigenvalue weighted by atomic mass is 9.97. The molecule has 0 unspecified atom stereocenters. The molecule has 0 bridgehead atoms. The molecule has 3 rings (SSSR count). The van der Waals surface area contributed by atoms with Crippen LogP contribution in [0, 0.1) is 0 Å². The van der Waals surface area contributed by atoms with Crippen LogP contribution in [0.2, 0.25) is 0 Å². The topological polar surface area (TPSA) is 112 Å². The van der Waals surface area contributed by atoms with Gasteiger partial charge in [0.2, 0.25) is 5.91 Å². The first kappa shape index (κ1) is 26.2. The molecule has 2 aliphatic heterocycles. The molecule has 2 fully saturated rings. The van der Waals surface area contributed by atoms with E-state index in [2.05, 4.69) is 16.0 Å². The van der Waals surface area contributed by atoms with Crippen molar-refractivity contribution < 1.29 is 37.3 Å². The molecule has 0 saturated carbocycles. The van der Waals surface area contributed by atoms with Gasteiger partial charge in [0.15, 0.2) is 0 Å². The highest BCUT2D eigenvalue weighted by molar-refractivity contribution is 5.89. The number of ether oxygens (including phenoxy) is 2. The monoisotopic (exact) mass is 488 g/mol. The molecule has 0 aromatic heterocycles. The average Bonchev–Trinajstić information content (AvgIpc) is 2.80. The molecule has 0 aliphatic carbocycles. The number of benzene rings is 1. The molecule has 34 heavy (non-hydrogen) atoms. The van der Waals surface area contributed by atoms with Crippen molar-refractivity contribution in [2.75, 3.05) is 51.3 Å². The Kier molecular flexibility index (Phi) is 9.51. The number of amides is 3. The number of rotatable bonds is 8. The Bertz CT molecular complexity index is 803. The number of alkyl halides is 3. The van der Waals surface area contributed by atoms with Crippen molar-refractivity contribution in [2.45, 2.75) is 43.7 Å². The van der Waals surface area contributed by atoms with E-state index in [1.807, 2.05) is 4.90 Å². The van der Waals surface area contributed by atoms with Crippen molar-refractivity contribution in [1.29, 1.82) is 0 Å². The number of urea groups is 1.